The zero-order valence-corrected chi connectivity index (χ0v) is 10.1. The van der Waals surface area contributed by atoms with Crippen molar-refractivity contribution < 1.29 is 8.49 Å². The Labute approximate surface area is 88.7 Å². The standard InChI is InChI=1S/C9H20N2O2S/c1-5-8(4)9-6-11(7(2)3)14(12)13-10-9/h7-10H,5-6H2,1-4H3. The molecular formula is C9H20N2O2S. The third-order valence-electron chi connectivity index (χ3n) is 2.75. The maximum Gasteiger partial charge on any atom is 0.255 e. The summed E-state index contributed by atoms with van der Waals surface area (Å²) in [5, 5.41) is 0. The van der Waals surface area contributed by atoms with Crippen molar-refractivity contribution in [2.75, 3.05) is 6.54 Å². The Kier molecular flexibility index (Phi) is 4.50. The normalized spacial score (nSPS) is 32.1. The van der Waals surface area contributed by atoms with E-state index in [9.17, 15) is 4.21 Å². The SMILES string of the molecule is CCC(C)C1CN(C(C)C)S(=O)ON1. The van der Waals surface area contributed by atoms with E-state index in [1.54, 1.807) is 0 Å². The van der Waals surface area contributed by atoms with Gasteiger partial charge in [-0.2, -0.15) is 14.1 Å². The van der Waals surface area contributed by atoms with Crippen LogP contribution in [0.2, 0.25) is 0 Å². The number of hydrogen-bond donors (Lipinski definition) is 1. The monoisotopic (exact) mass is 220 g/mol. The fourth-order valence-electron chi connectivity index (χ4n) is 1.41. The lowest BCUT2D eigenvalue weighted by Gasteiger charge is -2.35. The van der Waals surface area contributed by atoms with Crippen molar-refractivity contribution in [3.05, 3.63) is 0 Å². The van der Waals surface area contributed by atoms with Gasteiger partial charge in [0.15, 0.2) is 0 Å². The lowest BCUT2D eigenvalue weighted by molar-refractivity contribution is 0.0785. The van der Waals surface area contributed by atoms with Crippen molar-refractivity contribution in [2.24, 2.45) is 5.92 Å². The molecule has 0 bridgehead atoms. The summed E-state index contributed by atoms with van der Waals surface area (Å²) in [4.78, 5) is 0. The van der Waals surface area contributed by atoms with Gasteiger partial charge in [0.05, 0.1) is 0 Å². The lowest BCUT2D eigenvalue weighted by Crippen LogP contribution is -2.54. The summed E-state index contributed by atoms with van der Waals surface area (Å²) >= 11 is -1.33. The molecule has 1 heterocycles. The number of rotatable bonds is 3. The fraction of sp³-hybridized carbons (Fsp3) is 1.00. The first-order valence-electron chi connectivity index (χ1n) is 5.17. The molecule has 0 aromatic carbocycles. The number of nitrogens with zero attached hydrogens (tertiary/aromatic N) is 1. The van der Waals surface area contributed by atoms with Crippen LogP contribution in [0.5, 0.6) is 0 Å². The molecule has 0 spiro atoms. The molecule has 0 saturated carbocycles. The molecule has 0 amide bonds. The highest BCUT2D eigenvalue weighted by Crippen LogP contribution is 2.16. The Bertz CT molecular complexity index is 211. The third kappa shape index (κ3) is 2.76. The summed E-state index contributed by atoms with van der Waals surface area (Å²) in [6, 6.07) is 0.532. The summed E-state index contributed by atoms with van der Waals surface area (Å²) < 4.78 is 18.3. The van der Waals surface area contributed by atoms with E-state index in [1.807, 2.05) is 18.2 Å². The molecular weight excluding hydrogens is 200 g/mol. The zero-order chi connectivity index (χ0) is 10.7. The van der Waals surface area contributed by atoms with Crippen molar-refractivity contribution in [1.82, 2.24) is 9.79 Å². The maximum atomic E-state index is 11.4. The Hall–Kier alpha value is 0.0300. The van der Waals surface area contributed by atoms with E-state index in [0.717, 1.165) is 13.0 Å². The molecule has 1 aliphatic heterocycles. The first kappa shape index (κ1) is 12.1. The molecule has 0 radical (unpaired) electrons. The molecule has 3 atom stereocenters. The molecule has 0 aromatic rings. The fourth-order valence-corrected chi connectivity index (χ4v) is 2.33. The molecule has 0 aromatic heterocycles. The van der Waals surface area contributed by atoms with Crippen LogP contribution in [-0.2, 0) is 15.6 Å². The predicted molar refractivity (Wildman–Crippen MR) is 57.4 cm³/mol. The minimum absolute atomic E-state index is 0.254. The van der Waals surface area contributed by atoms with Gasteiger partial charge in [-0.25, -0.2) is 4.21 Å². The predicted octanol–water partition coefficient (Wildman–Crippen LogP) is 1.22. The van der Waals surface area contributed by atoms with E-state index < -0.39 is 11.3 Å². The summed E-state index contributed by atoms with van der Waals surface area (Å²) in [5.74, 6) is 0.536. The van der Waals surface area contributed by atoms with Crippen LogP contribution in [0.1, 0.15) is 34.1 Å². The first-order valence-corrected chi connectivity index (χ1v) is 6.20. The third-order valence-corrected chi connectivity index (χ3v) is 3.94. The molecule has 0 aliphatic carbocycles. The molecule has 5 heteroatoms. The molecule has 4 nitrogen and oxygen atoms in total. The molecule has 1 N–H and O–H groups in total. The van der Waals surface area contributed by atoms with Crippen LogP contribution < -0.4 is 5.48 Å². The van der Waals surface area contributed by atoms with E-state index >= 15 is 0 Å². The Morgan fingerprint density at radius 2 is 2.21 bits per heavy atom. The minimum atomic E-state index is -1.33. The van der Waals surface area contributed by atoms with Gasteiger partial charge < -0.3 is 0 Å². The topological polar surface area (TPSA) is 41.6 Å². The quantitative estimate of drug-likeness (QED) is 0.777. The molecule has 1 fully saturated rings. The van der Waals surface area contributed by atoms with E-state index in [4.69, 9.17) is 4.28 Å². The Balaban J connectivity index is 2.57. The lowest BCUT2D eigenvalue weighted by atomic mass is 10.00. The minimum Gasteiger partial charge on any atom is -0.210 e. The van der Waals surface area contributed by atoms with Crippen LogP contribution >= 0.6 is 0 Å². The maximum absolute atomic E-state index is 11.4. The van der Waals surface area contributed by atoms with E-state index in [0.29, 0.717) is 5.92 Å². The smallest absolute Gasteiger partial charge is 0.210 e. The summed E-state index contributed by atoms with van der Waals surface area (Å²) in [6.45, 7) is 9.17. The van der Waals surface area contributed by atoms with Gasteiger partial charge in [-0.1, -0.05) is 20.3 Å². The second kappa shape index (κ2) is 5.21. The van der Waals surface area contributed by atoms with Gasteiger partial charge in [-0.05, 0) is 19.8 Å². The highest BCUT2D eigenvalue weighted by molar-refractivity contribution is 7.77. The van der Waals surface area contributed by atoms with Gasteiger partial charge in [0, 0.05) is 18.6 Å². The van der Waals surface area contributed by atoms with E-state index in [1.165, 1.54) is 0 Å². The van der Waals surface area contributed by atoms with Crippen LogP contribution in [0.4, 0.5) is 0 Å². The van der Waals surface area contributed by atoms with Crippen molar-refractivity contribution in [1.29, 1.82) is 0 Å². The first-order chi connectivity index (χ1) is 6.56. The molecule has 1 aliphatic rings. The average molecular weight is 220 g/mol. The molecule has 3 unspecified atom stereocenters. The van der Waals surface area contributed by atoms with Crippen LogP contribution in [0.25, 0.3) is 0 Å². The van der Waals surface area contributed by atoms with E-state index in [-0.39, 0.29) is 12.1 Å². The second-order valence-electron chi connectivity index (χ2n) is 4.10. The van der Waals surface area contributed by atoms with Crippen LogP contribution in [-0.4, -0.2) is 27.1 Å². The van der Waals surface area contributed by atoms with Crippen LogP contribution in [0, 0.1) is 5.92 Å². The number of hydroxylamine groups is 1. The van der Waals surface area contributed by atoms with Crippen molar-refractivity contribution in [3.63, 3.8) is 0 Å². The van der Waals surface area contributed by atoms with Crippen molar-refractivity contribution >= 4 is 11.3 Å². The highest BCUT2D eigenvalue weighted by Gasteiger charge is 2.30. The average Bonchev–Trinajstić information content (AvgIpc) is 2.17. The molecule has 14 heavy (non-hydrogen) atoms. The summed E-state index contributed by atoms with van der Waals surface area (Å²) in [5.41, 5.74) is 2.86. The number of nitrogens with one attached hydrogen (secondary N) is 1. The highest BCUT2D eigenvalue weighted by atomic mass is 32.2. The van der Waals surface area contributed by atoms with Gasteiger partial charge in [0.1, 0.15) is 0 Å². The second-order valence-corrected chi connectivity index (χ2v) is 5.17. The van der Waals surface area contributed by atoms with Crippen molar-refractivity contribution in [2.45, 2.75) is 46.2 Å². The Morgan fingerprint density at radius 1 is 1.57 bits per heavy atom. The van der Waals surface area contributed by atoms with Gasteiger partial charge in [-0.3, -0.25) is 0 Å². The van der Waals surface area contributed by atoms with Gasteiger partial charge >= 0.3 is 0 Å². The van der Waals surface area contributed by atoms with Crippen LogP contribution in [0.15, 0.2) is 0 Å². The number of hydrogen-bond acceptors (Lipinski definition) is 3. The van der Waals surface area contributed by atoms with Gasteiger partial charge in [-0.15, -0.1) is 0 Å². The molecule has 1 rings (SSSR count). The zero-order valence-electron chi connectivity index (χ0n) is 9.32. The van der Waals surface area contributed by atoms with Crippen LogP contribution in [0.3, 0.4) is 0 Å². The summed E-state index contributed by atoms with van der Waals surface area (Å²) in [6.07, 6.45) is 1.10. The largest absolute Gasteiger partial charge is 0.255 e. The molecule has 84 valence electrons. The van der Waals surface area contributed by atoms with Gasteiger partial charge in [0.25, 0.3) is 11.3 Å². The summed E-state index contributed by atoms with van der Waals surface area (Å²) in [7, 11) is 0. The van der Waals surface area contributed by atoms with Gasteiger partial charge in [0.2, 0.25) is 0 Å². The Morgan fingerprint density at radius 3 is 2.71 bits per heavy atom. The van der Waals surface area contributed by atoms with Crippen molar-refractivity contribution in [3.8, 4) is 0 Å². The molecule has 1 saturated heterocycles. The van der Waals surface area contributed by atoms with E-state index in [2.05, 4.69) is 19.3 Å².